The second kappa shape index (κ2) is 3.98. The number of aromatic nitrogens is 1. The van der Waals surface area contributed by atoms with Crippen molar-refractivity contribution in [2.75, 3.05) is 16.4 Å². The standard InChI is InChI=1S/C14H14N4O/c1-8-4-11(16)7-17-14(8)18-12-3-2-10(15)5-9(12)6-13(18)19/h2-5,7H,6,15-16H2,1H3. The lowest BCUT2D eigenvalue weighted by Gasteiger charge is -2.18. The van der Waals surface area contributed by atoms with E-state index in [0.29, 0.717) is 23.6 Å². The number of nitrogens with zero attached hydrogens (tertiary/aromatic N) is 2. The Hall–Kier alpha value is -2.56. The van der Waals surface area contributed by atoms with Crippen LogP contribution in [0.1, 0.15) is 11.1 Å². The van der Waals surface area contributed by atoms with Gasteiger partial charge in [0, 0.05) is 5.69 Å². The topological polar surface area (TPSA) is 85.2 Å². The van der Waals surface area contributed by atoms with Crippen LogP contribution in [-0.2, 0) is 11.2 Å². The molecule has 1 aliphatic rings. The van der Waals surface area contributed by atoms with E-state index in [0.717, 1.165) is 16.8 Å². The monoisotopic (exact) mass is 254 g/mol. The average Bonchev–Trinajstić information content (AvgIpc) is 2.65. The van der Waals surface area contributed by atoms with E-state index in [4.69, 9.17) is 11.5 Å². The molecule has 0 atom stereocenters. The number of benzene rings is 1. The molecular weight excluding hydrogens is 240 g/mol. The summed E-state index contributed by atoms with van der Waals surface area (Å²) in [4.78, 5) is 18.1. The number of nitrogens with two attached hydrogens (primary N) is 2. The summed E-state index contributed by atoms with van der Waals surface area (Å²) in [6, 6.07) is 7.29. The first-order chi connectivity index (χ1) is 9.06. The van der Waals surface area contributed by atoms with Gasteiger partial charge in [0.25, 0.3) is 0 Å². The van der Waals surface area contributed by atoms with Crippen LogP contribution in [0, 0.1) is 6.92 Å². The Morgan fingerprint density at radius 2 is 2.00 bits per heavy atom. The van der Waals surface area contributed by atoms with Gasteiger partial charge in [-0.3, -0.25) is 9.69 Å². The smallest absolute Gasteiger partial charge is 0.237 e. The fraction of sp³-hybridized carbons (Fsp3) is 0.143. The molecule has 1 aromatic heterocycles. The highest BCUT2D eigenvalue weighted by atomic mass is 16.2. The molecule has 96 valence electrons. The Kier molecular flexibility index (Phi) is 2.41. The molecule has 0 radical (unpaired) electrons. The molecule has 19 heavy (non-hydrogen) atoms. The maximum Gasteiger partial charge on any atom is 0.237 e. The highest BCUT2D eigenvalue weighted by molar-refractivity contribution is 6.07. The van der Waals surface area contributed by atoms with Gasteiger partial charge in [-0.1, -0.05) is 0 Å². The third-order valence-electron chi connectivity index (χ3n) is 3.22. The van der Waals surface area contributed by atoms with Gasteiger partial charge in [-0.25, -0.2) is 4.98 Å². The summed E-state index contributed by atoms with van der Waals surface area (Å²) >= 11 is 0. The van der Waals surface area contributed by atoms with Gasteiger partial charge in [0.15, 0.2) is 0 Å². The van der Waals surface area contributed by atoms with Gasteiger partial charge in [-0.05, 0) is 42.3 Å². The van der Waals surface area contributed by atoms with Crippen LogP contribution in [0.5, 0.6) is 0 Å². The number of hydrogen-bond donors (Lipinski definition) is 2. The van der Waals surface area contributed by atoms with Crippen molar-refractivity contribution in [1.82, 2.24) is 4.98 Å². The van der Waals surface area contributed by atoms with E-state index in [1.807, 2.05) is 25.1 Å². The second-order valence-corrected chi connectivity index (χ2v) is 4.70. The third kappa shape index (κ3) is 1.79. The highest BCUT2D eigenvalue weighted by Gasteiger charge is 2.30. The van der Waals surface area contributed by atoms with E-state index in [2.05, 4.69) is 4.98 Å². The molecule has 5 heteroatoms. The highest BCUT2D eigenvalue weighted by Crippen LogP contribution is 2.36. The van der Waals surface area contributed by atoms with Gasteiger partial charge in [0.1, 0.15) is 5.82 Å². The van der Waals surface area contributed by atoms with Crippen molar-refractivity contribution < 1.29 is 4.79 Å². The summed E-state index contributed by atoms with van der Waals surface area (Å²) in [7, 11) is 0. The van der Waals surface area contributed by atoms with Gasteiger partial charge in [0.05, 0.1) is 24.0 Å². The summed E-state index contributed by atoms with van der Waals surface area (Å²) in [6.07, 6.45) is 1.91. The van der Waals surface area contributed by atoms with Crippen LogP contribution in [0.2, 0.25) is 0 Å². The van der Waals surface area contributed by atoms with Crippen molar-refractivity contribution in [3.8, 4) is 0 Å². The molecule has 0 saturated carbocycles. The van der Waals surface area contributed by atoms with Crippen molar-refractivity contribution >= 4 is 28.8 Å². The van der Waals surface area contributed by atoms with E-state index >= 15 is 0 Å². The lowest BCUT2D eigenvalue weighted by molar-refractivity contribution is -0.116. The fourth-order valence-corrected chi connectivity index (χ4v) is 2.40. The van der Waals surface area contributed by atoms with Crippen LogP contribution >= 0.6 is 0 Å². The van der Waals surface area contributed by atoms with Crippen molar-refractivity contribution in [1.29, 1.82) is 0 Å². The number of fused-ring (bicyclic) bond motifs is 1. The third-order valence-corrected chi connectivity index (χ3v) is 3.22. The number of aryl methyl sites for hydroxylation is 1. The lowest BCUT2D eigenvalue weighted by atomic mass is 10.1. The van der Waals surface area contributed by atoms with Crippen molar-refractivity contribution in [2.24, 2.45) is 0 Å². The number of carbonyl (C=O) groups is 1. The average molecular weight is 254 g/mol. The Morgan fingerprint density at radius 1 is 1.21 bits per heavy atom. The van der Waals surface area contributed by atoms with Crippen molar-refractivity contribution in [3.63, 3.8) is 0 Å². The molecular formula is C14H14N4O. The van der Waals surface area contributed by atoms with E-state index in [1.165, 1.54) is 0 Å². The van der Waals surface area contributed by atoms with Crippen molar-refractivity contribution in [2.45, 2.75) is 13.3 Å². The Morgan fingerprint density at radius 3 is 2.74 bits per heavy atom. The van der Waals surface area contributed by atoms with Gasteiger partial charge in [-0.2, -0.15) is 0 Å². The summed E-state index contributed by atoms with van der Waals surface area (Å²) < 4.78 is 0. The van der Waals surface area contributed by atoms with Crippen LogP contribution in [0.15, 0.2) is 30.5 Å². The van der Waals surface area contributed by atoms with Crippen molar-refractivity contribution in [3.05, 3.63) is 41.6 Å². The zero-order valence-electron chi connectivity index (χ0n) is 10.6. The SMILES string of the molecule is Cc1cc(N)cnc1N1C(=O)Cc2cc(N)ccc21. The zero-order chi connectivity index (χ0) is 13.6. The molecule has 3 rings (SSSR count). The van der Waals surface area contributed by atoms with E-state index < -0.39 is 0 Å². The molecule has 0 unspecified atom stereocenters. The first-order valence-electron chi connectivity index (χ1n) is 6.00. The van der Waals surface area contributed by atoms with Crippen LogP contribution < -0.4 is 16.4 Å². The van der Waals surface area contributed by atoms with Gasteiger partial charge in [0.2, 0.25) is 5.91 Å². The molecule has 0 spiro atoms. The van der Waals surface area contributed by atoms with Gasteiger partial charge >= 0.3 is 0 Å². The zero-order valence-corrected chi connectivity index (χ0v) is 10.6. The minimum absolute atomic E-state index is 0.000899. The number of hydrogen-bond acceptors (Lipinski definition) is 4. The summed E-state index contributed by atoms with van der Waals surface area (Å²) in [5.41, 5.74) is 15.3. The summed E-state index contributed by atoms with van der Waals surface area (Å²) in [6.45, 7) is 1.89. The van der Waals surface area contributed by atoms with Crippen LogP contribution in [-0.4, -0.2) is 10.9 Å². The minimum Gasteiger partial charge on any atom is -0.399 e. The number of carbonyl (C=O) groups excluding carboxylic acids is 1. The quantitative estimate of drug-likeness (QED) is 0.759. The maximum absolute atomic E-state index is 12.2. The van der Waals surface area contributed by atoms with E-state index in [-0.39, 0.29) is 5.91 Å². The molecule has 0 bridgehead atoms. The molecule has 4 N–H and O–H groups in total. The number of pyridine rings is 1. The Balaban J connectivity index is 2.14. The molecule has 2 heterocycles. The molecule has 1 aromatic carbocycles. The molecule has 5 nitrogen and oxygen atoms in total. The molecule has 1 aliphatic heterocycles. The van der Waals surface area contributed by atoms with Crippen LogP contribution in [0.25, 0.3) is 0 Å². The number of nitrogen functional groups attached to an aromatic ring is 2. The molecule has 0 fully saturated rings. The number of rotatable bonds is 1. The minimum atomic E-state index is 0.000899. The first-order valence-corrected chi connectivity index (χ1v) is 6.00. The maximum atomic E-state index is 12.2. The van der Waals surface area contributed by atoms with Gasteiger partial charge in [-0.15, -0.1) is 0 Å². The van der Waals surface area contributed by atoms with E-state index in [9.17, 15) is 4.79 Å². The van der Waals surface area contributed by atoms with Crippen LogP contribution in [0.4, 0.5) is 22.9 Å². The molecule has 0 saturated heterocycles. The molecule has 1 amide bonds. The van der Waals surface area contributed by atoms with Gasteiger partial charge < -0.3 is 11.5 Å². The number of anilines is 4. The fourth-order valence-electron chi connectivity index (χ4n) is 2.40. The first kappa shape index (κ1) is 11.5. The largest absolute Gasteiger partial charge is 0.399 e. The number of amides is 1. The Labute approximate surface area is 110 Å². The van der Waals surface area contributed by atoms with Crippen LogP contribution in [0.3, 0.4) is 0 Å². The predicted molar refractivity (Wildman–Crippen MR) is 75.1 cm³/mol. The summed E-state index contributed by atoms with van der Waals surface area (Å²) in [5.74, 6) is 0.628. The van der Waals surface area contributed by atoms with E-state index in [1.54, 1.807) is 17.2 Å². The Bertz CT molecular complexity index is 681. The summed E-state index contributed by atoms with van der Waals surface area (Å²) in [5, 5.41) is 0. The predicted octanol–water partition coefficient (Wildman–Crippen LogP) is 1.78. The second-order valence-electron chi connectivity index (χ2n) is 4.70. The lowest BCUT2D eigenvalue weighted by Crippen LogP contribution is -2.22. The molecule has 0 aliphatic carbocycles. The normalized spacial score (nSPS) is 13.7. The molecule has 2 aromatic rings.